The summed E-state index contributed by atoms with van der Waals surface area (Å²) in [6.07, 6.45) is 14.3. The Morgan fingerprint density at radius 1 is 1.12 bits per heavy atom. The molecule has 26 heavy (non-hydrogen) atoms. The van der Waals surface area contributed by atoms with Gasteiger partial charge in [-0.2, -0.15) is 0 Å². The van der Waals surface area contributed by atoms with Gasteiger partial charge in [0.2, 0.25) is 0 Å². The van der Waals surface area contributed by atoms with Gasteiger partial charge in [0.1, 0.15) is 0 Å². The normalized spacial score (nSPS) is 12.9. The second-order valence-electron chi connectivity index (χ2n) is 7.50. The van der Waals surface area contributed by atoms with Gasteiger partial charge in [-0.3, -0.25) is 0 Å². The van der Waals surface area contributed by atoms with E-state index in [1.807, 2.05) is 32.9 Å². The Morgan fingerprint density at radius 3 is 2.42 bits per heavy atom. The number of hydrogen-bond acceptors (Lipinski definition) is 2. The number of carbonyl (C=O) groups excluding carboxylic acids is 1. The molecule has 0 aliphatic heterocycles. The van der Waals surface area contributed by atoms with Crippen molar-refractivity contribution >= 4 is 25.4 Å². The van der Waals surface area contributed by atoms with Crippen LogP contribution >= 0.6 is 0 Å². The van der Waals surface area contributed by atoms with Gasteiger partial charge in [0.15, 0.2) is 0 Å². The summed E-state index contributed by atoms with van der Waals surface area (Å²) in [6.45, 7) is 9.47. The third kappa shape index (κ3) is 12.1. The summed E-state index contributed by atoms with van der Waals surface area (Å²) in [7, 11) is 0. The number of carbonyl (C=O) groups is 1. The van der Waals surface area contributed by atoms with Crippen LogP contribution in [-0.4, -0.2) is 26.5 Å². The van der Waals surface area contributed by atoms with Crippen LogP contribution in [0.25, 0.3) is 0 Å². The SMILES string of the molecule is C=CCCCCCCC[C@@H](/C=C/C(=O)OC(C)(C)C)[Se]c1ccccc1. The summed E-state index contributed by atoms with van der Waals surface area (Å²) in [5.41, 5.74) is -0.438. The van der Waals surface area contributed by atoms with E-state index in [-0.39, 0.29) is 5.97 Å². The van der Waals surface area contributed by atoms with Gasteiger partial charge in [-0.15, -0.1) is 0 Å². The predicted molar refractivity (Wildman–Crippen MR) is 113 cm³/mol. The quantitative estimate of drug-likeness (QED) is 0.144. The van der Waals surface area contributed by atoms with Gasteiger partial charge in [-0.25, -0.2) is 0 Å². The Morgan fingerprint density at radius 2 is 1.77 bits per heavy atom. The van der Waals surface area contributed by atoms with Gasteiger partial charge in [0, 0.05) is 0 Å². The molecule has 0 N–H and O–H groups in total. The van der Waals surface area contributed by atoms with E-state index in [1.54, 1.807) is 6.08 Å². The van der Waals surface area contributed by atoms with Gasteiger partial charge in [-0.1, -0.05) is 0 Å². The summed E-state index contributed by atoms with van der Waals surface area (Å²) >= 11 is 0.336. The molecule has 144 valence electrons. The van der Waals surface area contributed by atoms with Gasteiger partial charge in [-0.05, 0) is 0 Å². The zero-order valence-corrected chi connectivity index (χ0v) is 18.3. The van der Waals surface area contributed by atoms with Gasteiger partial charge >= 0.3 is 166 Å². The Kier molecular flexibility index (Phi) is 11.3. The maximum atomic E-state index is 12.0. The van der Waals surface area contributed by atoms with Crippen molar-refractivity contribution in [2.45, 2.75) is 76.1 Å². The van der Waals surface area contributed by atoms with E-state index in [2.05, 4.69) is 36.9 Å². The van der Waals surface area contributed by atoms with Crippen molar-refractivity contribution in [2.75, 3.05) is 0 Å². The van der Waals surface area contributed by atoms with E-state index in [1.165, 1.54) is 36.6 Å². The van der Waals surface area contributed by atoms with Crippen LogP contribution in [0.4, 0.5) is 0 Å². The first-order chi connectivity index (χ1) is 12.4. The molecule has 0 amide bonds. The standard InChI is InChI=1S/C23H34O2Se/c1-5-6-7-8-9-10-12-17-21(26-20-15-13-11-14-16-20)18-19-22(24)25-23(2,3)4/h5,11,13-16,18-19,21H,1,6-10,12,17H2,2-4H3/b19-18+/t21-/m0/s1. The first-order valence-corrected chi connectivity index (χ1v) is 11.5. The van der Waals surface area contributed by atoms with Crippen molar-refractivity contribution in [3.63, 3.8) is 0 Å². The minimum absolute atomic E-state index is 0.240. The molecular formula is C23H34O2Se. The fraction of sp³-hybridized carbons (Fsp3) is 0.522. The molecule has 0 aromatic heterocycles. The molecule has 3 heteroatoms. The molecule has 0 fully saturated rings. The number of hydrogen-bond donors (Lipinski definition) is 0. The summed E-state index contributed by atoms with van der Waals surface area (Å²) in [5.74, 6) is -0.240. The zero-order valence-electron chi connectivity index (χ0n) is 16.6. The van der Waals surface area contributed by atoms with Crippen molar-refractivity contribution < 1.29 is 9.53 Å². The topological polar surface area (TPSA) is 26.3 Å². The molecule has 0 aliphatic rings. The molecule has 1 aromatic rings. The van der Waals surface area contributed by atoms with E-state index in [9.17, 15) is 4.79 Å². The van der Waals surface area contributed by atoms with Crippen molar-refractivity contribution in [1.29, 1.82) is 0 Å². The first kappa shape index (κ1) is 22.7. The van der Waals surface area contributed by atoms with Crippen LogP contribution in [0.15, 0.2) is 55.1 Å². The van der Waals surface area contributed by atoms with Crippen LogP contribution in [0.3, 0.4) is 0 Å². The van der Waals surface area contributed by atoms with E-state index >= 15 is 0 Å². The van der Waals surface area contributed by atoms with Crippen LogP contribution in [0.2, 0.25) is 4.82 Å². The third-order valence-electron chi connectivity index (χ3n) is 3.78. The van der Waals surface area contributed by atoms with Crippen LogP contribution in [-0.2, 0) is 9.53 Å². The van der Waals surface area contributed by atoms with E-state index in [4.69, 9.17) is 4.74 Å². The molecule has 0 spiro atoms. The second-order valence-corrected chi connectivity index (χ2v) is 10.2. The second kappa shape index (κ2) is 12.9. The molecule has 0 saturated carbocycles. The molecule has 0 unspecified atom stereocenters. The molecule has 0 saturated heterocycles. The number of ether oxygens (including phenoxy) is 1. The molecule has 0 aliphatic carbocycles. The predicted octanol–water partition coefficient (Wildman–Crippen LogP) is 5.62. The summed E-state index contributed by atoms with van der Waals surface area (Å²) in [4.78, 5) is 12.4. The van der Waals surface area contributed by atoms with Gasteiger partial charge < -0.3 is 0 Å². The molecule has 1 aromatic carbocycles. The number of benzene rings is 1. The molecule has 2 nitrogen and oxygen atoms in total. The fourth-order valence-corrected chi connectivity index (χ4v) is 4.87. The van der Waals surface area contributed by atoms with Crippen molar-refractivity contribution in [3.8, 4) is 0 Å². The average molecular weight is 421 g/mol. The van der Waals surface area contributed by atoms with Crippen molar-refractivity contribution in [1.82, 2.24) is 0 Å². The Bertz CT molecular complexity index is 543. The van der Waals surface area contributed by atoms with E-state index in [0.29, 0.717) is 19.8 Å². The molecular weight excluding hydrogens is 387 g/mol. The number of esters is 1. The number of rotatable bonds is 12. The van der Waals surface area contributed by atoms with Crippen LogP contribution in [0.1, 0.15) is 65.7 Å². The van der Waals surface area contributed by atoms with Crippen LogP contribution < -0.4 is 4.46 Å². The van der Waals surface area contributed by atoms with E-state index < -0.39 is 5.60 Å². The number of unbranched alkanes of at least 4 members (excludes halogenated alkanes) is 5. The van der Waals surface area contributed by atoms with E-state index in [0.717, 1.165) is 12.8 Å². The fourth-order valence-electron chi connectivity index (χ4n) is 2.55. The Balaban J connectivity index is 2.50. The van der Waals surface area contributed by atoms with Crippen LogP contribution in [0, 0.1) is 0 Å². The first-order valence-electron chi connectivity index (χ1n) is 9.64. The molecule has 0 heterocycles. The maximum absolute atomic E-state index is 12.0. The van der Waals surface area contributed by atoms with Gasteiger partial charge in [0.25, 0.3) is 0 Å². The average Bonchev–Trinajstić information content (AvgIpc) is 2.58. The van der Waals surface area contributed by atoms with Crippen LogP contribution in [0.5, 0.6) is 0 Å². The minimum atomic E-state index is -0.438. The summed E-state index contributed by atoms with van der Waals surface area (Å²) in [6, 6.07) is 10.6. The zero-order chi connectivity index (χ0) is 19.3. The molecule has 0 bridgehead atoms. The van der Waals surface area contributed by atoms with Gasteiger partial charge in [0.05, 0.1) is 0 Å². The Labute approximate surface area is 166 Å². The monoisotopic (exact) mass is 422 g/mol. The summed E-state index contributed by atoms with van der Waals surface area (Å²) < 4.78 is 6.77. The Hall–Kier alpha value is -1.31. The molecule has 1 rings (SSSR count). The van der Waals surface area contributed by atoms with Crippen molar-refractivity contribution in [3.05, 3.63) is 55.1 Å². The third-order valence-corrected chi connectivity index (χ3v) is 6.38. The van der Waals surface area contributed by atoms with Crippen molar-refractivity contribution in [2.24, 2.45) is 0 Å². The summed E-state index contributed by atoms with van der Waals surface area (Å²) in [5, 5.41) is 0. The molecule has 1 atom stereocenters. The molecule has 0 radical (unpaired) electrons. The number of allylic oxidation sites excluding steroid dienone is 2.